The minimum Gasteiger partial charge on any atom is -0.490 e. The van der Waals surface area contributed by atoms with Crippen molar-refractivity contribution in [1.29, 1.82) is 0 Å². The number of rotatable bonds is 7. The fraction of sp³-hybridized carbons (Fsp3) is 0.227. The fourth-order valence-corrected chi connectivity index (χ4v) is 3.69. The van der Waals surface area contributed by atoms with Gasteiger partial charge in [0.15, 0.2) is 17.5 Å². The summed E-state index contributed by atoms with van der Waals surface area (Å²) in [5.41, 5.74) is 0.497. The van der Waals surface area contributed by atoms with E-state index in [-0.39, 0.29) is 28.8 Å². The highest BCUT2D eigenvalue weighted by Gasteiger charge is 2.17. The summed E-state index contributed by atoms with van der Waals surface area (Å²) < 4.78 is 73.2. The van der Waals surface area contributed by atoms with Crippen molar-refractivity contribution >= 4 is 28.4 Å². The molecule has 1 heterocycles. The zero-order valence-corrected chi connectivity index (χ0v) is 19.0. The number of hydrogen-bond acceptors (Lipinski definition) is 6. The lowest BCUT2D eigenvalue weighted by molar-refractivity contribution is 0.229. The van der Waals surface area contributed by atoms with Crippen molar-refractivity contribution in [2.75, 3.05) is 19.5 Å². The molecule has 2 aromatic carbocycles. The van der Waals surface area contributed by atoms with Gasteiger partial charge in [-0.2, -0.15) is 4.98 Å². The molecule has 1 N–H and O–H groups in total. The van der Waals surface area contributed by atoms with Crippen molar-refractivity contribution in [3.05, 3.63) is 75.5 Å². The maximum absolute atomic E-state index is 13.7. The molecule has 0 aliphatic rings. The second kappa shape index (κ2) is 10.7. The van der Waals surface area contributed by atoms with Crippen LogP contribution in [0.1, 0.15) is 11.1 Å². The Morgan fingerprint density at radius 2 is 1.88 bits per heavy atom. The smallest absolute Gasteiger partial charge is 0.316 e. The second-order valence-electron chi connectivity index (χ2n) is 7.01. The quantitative estimate of drug-likeness (QED) is 0.160. The third-order valence-electron chi connectivity index (χ3n) is 4.66. The average Bonchev–Trinajstić information content (AvgIpc) is 2.79. The van der Waals surface area contributed by atoms with Gasteiger partial charge in [-0.15, -0.1) is 0 Å². The normalized spacial score (nSPS) is 11.7. The van der Waals surface area contributed by atoms with Crippen LogP contribution in [0.25, 0.3) is 0 Å². The molecule has 0 fully saturated rings. The predicted molar refractivity (Wildman–Crippen MR) is 120 cm³/mol. The van der Waals surface area contributed by atoms with Gasteiger partial charge in [0.2, 0.25) is 11.7 Å². The van der Waals surface area contributed by atoms with E-state index in [0.717, 1.165) is 23.9 Å². The van der Waals surface area contributed by atoms with Crippen LogP contribution in [-0.2, 0) is 6.54 Å². The van der Waals surface area contributed by atoms with Crippen molar-refractivity contribution in [3.8, 4) is 5.75 Å². The number of benzene rings is 2. The number of nitrogens with zero attached hydrogens (tertiary/aromatic N) is 3. The third kappa shape index (κ3) is 5.74. The highest BCUT2D eigenvalue weighted by molar-refractivity contribution is 8.14. The molecule has 0 aliphatic carbocycles. The number of methoxy groups -OCH3 is 1. The summed E-state index contributed by atoms with van der Waals surface area (Å²) in [5, 5.41) is 2.58. The third-order valence-corrected chi connectivity index (χ3v) is 5.72. The van der Waals surface area contributed by atoms with Crippen LogP contribution in [0.3, 0.4) is 0 Å². The van der Waals surface area contributed by atoms with Gasteiger partial charge in [0.1, 0.15) is 5.04 Å². The van der Waals surface area contributed by atoms with Crippen molar-refractivity contribution in [1.82, 2.24) is 9.55 Å². The first-order chi connectivity index (χ1) is 16.1. The lowest BCUT2D eigenvalue weighted by Crippen LogP contribution is -2.19. The first-order valence-corrected chi connectivity index (χ1v) is 10.5. The molecule has 0 atom stereocenters. The van der Waals surface area contributed by atoms with E-state index in [0.29, 0.717) is 16.1 Å². The molecule has 12 heteroatoms. The molecule has 0 saturated heterocycles. The minimum atomic E-state index is -2.74. The number of aromatic nitrogens is 2. The van der Waals surface area contributed by atoms with Crippen molar-refractivity contribution in [3.63, 3.8) is 0 Å². The van der Waals surface area contributed by atoms with Gasteiger partial charge in [0.05, 0.1) is 19.9 Å². The lowest BCUT2D eigenvalue weighted by atomic mass is 10.2. The number of aryl methyl sites for hydroxylation is 1. The topological polar surface area (TPSA) is 68.5 Å². The van der Waals surface area contributed by atoms with E-state index in [1.807, 2.05) is 0 Å². The highest BCUT2D eigenvalue weighted by atomic mass is 32.2. The van der Waals surface area contributed by atoms with Gasteiger partial charge in [-0.05, 0) is 42.3 Å². The molecule has 0 unspecified atom stereocenters. The number of nitrogens with one attached hydrogen (secondary N) is 1. The van der Waals surface area contributed by atoms with Crippen LogP contribution in [0.4, 0.5) is 33.6 Å². The van der Waals surface area contributed by atoms with E-state index < -0.39 is 29.4 Å². The summed E-state index contributed by atoms with van der Waals surface area (Å²) in [7, 11) is 2.52. The molecule has 0 spiro atoms. The molecule has 34 heavy (non-hydrogen) atoms. The van der Waals surface area contributed by atoms with Crippen molar-refractivity contribution in [2.45, 2.75) is 24.8 Å². The van der Waals surface area contributed by atoms with Gasteiger partial charge in [-0.3, -0.25) is 9.79 Å². The van der Waals surface area contributed by atoms with E-state index >= 15 is 0 Å². The van der Waals surface area contributed by atoms with E-state index in [9.17, 15) is 26.7 Å². The Hall–Kier alpha value is -3.41. The van der Waals surface area contributed by atoms with Crippen LogP contribution in [-0.4, -0.2) is 35.2 Å². The largest absolute Gasteiger partial charge is 0.490 e. The average molecular weight is 498 g/mol. The number of anilines is 2. The standard InChI is InChI=1S/C22H19F5N4O2S/c1-11-4-5-13(34-21(28-2)19(26)27)8-16(11)29-22-30-20(32)17(33-3)10-31(22)9-12-6-14(23)18(25)15(24)7-12/h4-8,10,19H,9H2,1-3H3,(H,29,30,32)/b28-21-. The summed E-state index contributed by atoms with van der Waals surface area (Å²) in [6, 6.07) is 6.54. The molecule has 3 aromatic rings. The molecule has 0 saturated carbocycles. The first kappa shape index (κ1) is 25.2. The molecule has 0 aliphatic heterocycles. The maximum Gasteiger partial charge on any atom is 0.316 e. The Labute approximate surface area is 195 Å². The number of hydrogen-bond donors (Lipinski definition) is 1. The summed E-state index contributed by atoms with van der Waals surface area (Å²) in [6.07, 6.45) is -1.46. The predicted octanol–water partition coefficient (Wildman–Crippen LogP) is 5.16. The Kier molecular flexibility index (Phi) is 7.92. The van der Waals surface area contributed by atoms with Crippen LogP contribution in [0.15, 0.2) is 51.2 Å². The molecular formula is C22H19F5N4O2S. The lowest BCUT2D eigenvalue weighted by Gasteiger charge is -2.17. The summed E-state index contributed by atoms with van der Waals surface area (Å²) >= 11 is 0.783. The molecule has 0 radical (unpaired) electrons. The number of aliphatic imine (C=N–C) groups is 1. The zero-order chi connectivity index (χ0) is 25.0. The number of thioether (sulfide) groups is 1. The summed E-state index contributed by atoms with van der Waals surface area (Å²) in [6.45, 7) is 1.56. The van der Waals surface area contributed by atoms with Crippen LogP contribution in [0.2, 0.25) is 0 Å². The fourth-order valence-electron chi connectivity index (χ4n) is 2.96. The van der Waals surface area contributed by atoms with Crippen LogP contribution < -0.4 is 15.6 Å². The molecular weight excluding hydrogens is 479 g/mol. The Bertz CT molecular complexity index is 1270. The first-order valence-electron chi connectivity index (χ1n) is 9.72. The Morgan fingerprint density at radius 3 is 2.47 bits per heavy atom. The highest BCUT2D eigenvalue weighted by Crippen LogP contribution is 2.29. The van der Waals surface area contributed by atoms with E-state index in [1.54, 1.807) is 25.1 Å². The van der Waals surface area contributed by atoms with E-state index in [4.69, 9.17) is 4.74 Å². The van der Waals surface area contributed by atoms with Crippen LogP contribution in [0, 0.1) is 24.4 Å². The van der Waals surface area contributed by atoms with Crippen LogP contribution >= 0.6 is 11.8 Å². The molecule has 1 aromatic heterocycles. The van der Waals surface area contributed by atoms with Gasteiger partial charge < -0.3 is 14.6 Å². The van der Waals surface area contributed by atoms with Crippen LogP contribution in [0.5, 0.6) is 5.75 Å². The van der Waals surface area contributed by atoms with E-state index in [1.165, 1.54) is 24.9 Å². The molecule has 0 amide bonds. The maximum atomic E-state index is 13.7. The second-order valence-corrected chi connectivity index (χ2v) is 8.10. The van der Waals surface area contributed by atoms with Gasteiger partial charge in [0, 0.05) is 17.6 Å². The van der Waals surface area contributed by atoms with Crippen molar-refractivity contribution < 1.29 is 26.7 Å². The SMILES string of the molecule is C/N=C(\Sc1ccc(C)c(Nc2nc(=O)c(OC)cn2Cc2cc(F)c(F)c(F)c2)c1)C(F)F. The van der Waals surface area contributed by atoms with Crippen molar-refractivity contribution in [2.24, 2.45) is 4.99 Å². The summed E-state index contributed by atoms with van der Waals surface area (Å²) in [5.74, 6) is -4.46. The minimum absolute atomic E-state index is 0.0144. The molecule has 3 rings (SSSR count). The molecule has 180 valence electrons. The monoisotopic (exact) mass is 498 g/mol. The van der Waals surface area contributed by atoms with Gasteiger partial charge in [0.25, 0.3) is 6.43 Å². The number of ether oxygens (including phenoxy) is 1. The Morgan fingerprint density at radius 1 is 1.21 bits per heavy atom. The van der Waals surface area contributed by atoms with Gasteiger partial charge in [-0.1, -0.05) is 17.8 Å². The zero-order valence-electron chi connectivity index (χ0n) is 18.2. The number of alkyl halides is 2. The van der Waals surface area contributed by atoms with Gasteiger partial charge in [-0.25, -0.2) is 22.0 Å². The van der Waals surface area contributed by atoms with E-state index in [2.05, 4.69) is 15.3 Å². The molecule has 6 nitrogen and oxygen atoms in total. The Balaban J connectivity index is 2.01. The molecule has 0 bridgehead atoms. The summed E-state index contributed by atoms with van der Waals surface area (Å²) in [4.78, 5) is 20.2. The van der Waals surface area contributed by atoms with Gasteiger partial charge >= 0.3 is 5.56 Å². The number of halogens is 5.